The van der Waals surface area contributed by atoms with Crippen LogP contribution in [0.1, 0.15) is 10.4 Å². The molecule has 1 fully saturated rings. The molecule has 0 bridgehead atoms. The molecule has 2 heterocycles. The predicted molar refractivity (Wildman–Crippen MR) is 125 cm³/mol. The van der Waals surface area contributed by atoms with Crippen molar-refractivity contribution >= 4 is 28.3 Å². The molecule has 0 spiro atoms. The highest BCUT2D eigenvalue weighted by molar-refractivity contribution is 6.04. The molecule has 1 aliphatic rings. The number of morpholine rings is 1. The second-order valence-corrected chi connectivity index (χ2v) is 7.66. The number of hydrogen-bond donors (Lipinski definition) is 1. The normalized spacial score (nSPS) is 13.8. The summed E-state index contributed by atoms with van der Waals surface area (Å²) in [5, 5.41) is 3.77. The molecule has 0 unspecified atom stereocenters. The van der Waals surface area contributed by atoms with Crippen molar-refractivity contribution in [3.8, 4) is 11.1 Å². The van der Waals surface area contributed by atoms with E-state index in [9.17, 15) is 9.59 Å². The first kappa shape index (κ1) is 20.0. The Kier molecular flexibility index (Phi) is 5.44. The molecule has 4 aromatic rings. The first-order valence-electron chi connectivity index (χ1n) is 10.5. The van der Waals surface area contributed by atoms with Crippen LogP contribution < -0.4 is 15.8 Å². The van der Waals surface area contributed by atoms with Crippen LogP contribution in [-0.4, -0.2) is 32.2 Å². The van der Waals surface area contributed by atoms with Crippen molar-refractivity contribution in [3.05, 3.63) is 94.8 Å². The van der Waals surface area contributed by atoms with Gasteiger partial charge in [0.1, 0.15) is 5.58 Å². The number of hydrogen-bond acceptors (Lipinski definition) is 5. The van der Waals surface area contributed by atoms with E-state index in [-0.39, 0.29) is 5.91 Å². The van der Waals surface area contributed by atoms with Gasteiger partial charge >= 0.3 is 5.63 Å². The Hall–Kier alpha value is -3.90. The highest BCUT2D eigenvalue weighted by Gasteiger charge is 2.13. The van der Waals surface area contributed by atoms with E-state index in [4.69, 9.17) is 9.15 Å². The van der Waals surface area contributed by atoms with Gasteiger partial charge in [-0.2, -0.15) is 0 Å². The number of ether oxygens (including phenoxy) is 1. The van der Waals surface area contributed by atoms with Crippen LogP contribution in [-0.2, 0) is 4.74 Å². The van der Waals surface area contributed by atoms with Crippen molar-refractivity contribution in [1.29, 1.82) is 0 Å². The van der Waals surface area contributed by atoms with Crippen LogP contribution in [0.4, 0.5) is 11.4 Å². The minimum Gasteiger partial charge on any atom is -0.422 e. The van der Waals surface area contributed by atoms with Gasteiger partial charge in [-0.3, -0.25) is 4.79 Å². The lowest BCUT2D eigenvalue weighted by Crippen LogP contribution is -2.36. The monoisotopic (exact) mass is 426 g/mol. The predicted octanol–water partition coefficient (Wildman–Crippen LogP) is 4.55. The van der Waals surface area contributed by atoms with E-state index in [1.165, 1.54) is 0 Å². The van der Waals surface area contributed by atoms with Crippen LogP contribution in [0.15, 0.2) is 88.1 Å². The Balaban J connectivity index is 1.30. The van der Waals surface area contributed by atoms with E-state index in [2.05, 4.69) is 10.2 Å². The molecule has 0 saturated carbocycles. The van der Waals surface area contributed by atoms with Gasteiger partial charge in [0.05, 0.1) is 18.8 Å². The molecule has 6 heteroatoms. The van der Waals surface area contributed by atoms with Gasteiger partial charge in [-0.15, -0.1) is 0 Å². The van der Waals surface area contributed by atoms with Gasteiger partial charge in [0.25, 0.3) is 5.91 Å². The largest absolute Gasteiger partial charge is 0.422 e. The van der Waals surface area contributed by atoms with Crippen LogP contribution >= 0.6 is 0 Å². The van der Waals surface area contributed by atoms with Crippen LogP contribution in [0.5, 0.6) is 0 Å². The zero-order valence-corrected chi connectivity index (χ0v) is 17.4. The fraction of sp³-hybridized carbons (Fsp3) is 0.154. The topological polar surface area (TPSA) is 71.8 Å². The number of nitrogens with zero attached hydrogens (tertiary/aromatic N) is 1. The Labute approximate surface area is 185 Å². The van der Waals surface area contributed by atoms with Crippen molar-refractivity contribution in [2.75, 3.05) is 36.5 Å². The van der Waals surface area contributed by atoms with E-state index < -0.39 is 5.63 Å². The molecule has 1 amide bonds. The fourth-order valence-corrected chi connectivity index (χ4v) is 3.84. The molecule has 160 valence electrons. The van der Waals surface area contributed by atoms with E-state index in [0.717, 1.165) is 43.1 Å². The maximum atomic E-state index is 12.7. The molecular weight excluding hydrogens is 404 g/mol. The fourth-order valence-electron chi connectivity index (χ4n) is 3.84. The van der Waals surface area contributed by atoms with Crippen molar-refractivity contribution in [2.45, 2.75) is 0 Å². The van der Waals surface area contributed by atoms with Gasteiger partial charge in [-0.1, -0.05) is 30.3 Å². The maximum absolute atomic E-state index is 12.7. The maximum Gasteiger partial charge on any atom is 0.344 e. The number of nitrogens with one attached hydrogen (secondary N) is 1. The molecular formula is C26H22N2O4. The summed E-state index contributed by atoms with van der Waals surface area (Å²) in [6.45, 7) is 3.20. The molecule has 0 atom stereocenters. The second-order valence-electron chi connectivity index (χ2n) is 7.66. The Morgan fingerprint density at radius 2 is 1.59 bits per heavy atom. The first-order chi connectivity index (χ1) is 15.7. The molecule has 3 aromatic carbocycles. The van der Waals surface area contributed by atoms with Crippen LogP contribution in [0.25, 0.3) is 22.1 Å². The Bertz CT molecular complexity index is 1300. The third-order valence-corrected chi connectivity index (χ3v) is 5.60. The number of para-hydroxylation sites is 1. The van der Waals surface area contributed by atoms with Crippen molar-refractivity contribution in [1.82, 2.24) is 0 Å². The SMILES string of the molecule is O=C(Nc1ccc(N2CCOCC2)cc1)c1ccc(-c2cc3ccccc3oc2=O)cc1. The quantitative estimate of drug-likeness (QED) is 0.485. The standard InChI is InChI=1S/C26H22N2O4/c29-25(27-21-9-11-22(12-10-21)28-13-15-31-16-14-28)19-7-5-18(6-8-19)23-17-20-3-1-2-4-24(20)32-26(23)30/h1-12,17H,13-16H2,(H,27,29). The molecule has 0 aliphatic carbocycles. The molecule has 1 aliphatic heterocycles. The minimum atomic E-state index is -0.402. The van der Waals surface area contributed by atoms with Crippen molar-refractivity contribution in [3.63, 3.8) is 0 Å². The van der Waals surface area contributed by atoms with Gasteiger partial charge in [0, 0.05) is 35.4 Å². The number of amides is 1. The Morgan fingerprint density at radius 1 is 0.875 bits per heavy atom. The highest BCUT2D eigenvalue weighted by Crippen LogP contribution is 2.23. The summed E-state index contributed by atoms with van der Waals surface area (Å²) in [7, 11) is 0. The van der Waals surface area contributed by atoms with Gasteiger partial charge in [-0.25, -0.2) is 4.79 Å². The zero-order chi connectivity index (χ0) is 21.9. The lowest BCUT2D eigenvalue weighted by Gasteiger charge is -2.28. The Morgan fingerprint density at radius 3 is 2.34 bits per heavy atom. The van der Waals surface area contributed by atoms with Crippen molar-refractivity contribution < 1.29 is 13.9 Å². The molecule has 1 saturated heterocycles. The smallest absolute Gasteiger partial charge is 0.344 e. The molecule has 6 nitrogen and oxygen atoms in total. The zero-order valence-electron chi connectivity index (χ0n) is 17.4. The molecule has 0 radical (unpaired) electrons. The number of fused-ring (bicyclic) bond motifs is 1. The summed E-state index contributed by atoms with van der Waals surface area (Å²) in [6, 6.07) is 23.9. The van der Waals surface area contributed by atoms with Crippen LogP contribution in [0.3, 0.4) is 0 Å². The van der Waals surface area contributed by atoms with E-state index in [1.54, 1.807) is 30.3 Å². The van der Waals surface area contributed by atoms with Crippen LogP contribution in [0.2, 0.25) is 0 Å². The lowest BCUT2D eigenvalue weighted by atomic mass is 10.0. The number of benzene rings is 3. The third-order valence-electron chi connectivity index (χ3n) is 5.60. The molecule has 1 N–H and O–H groups in total. The minimum absolute atomic E-state index is 0.207. The number of rotatable bonds is 4. The number of carbonyl (C=O) groups is 1. The third kappa shape index (κ3) is 4.13. The van der Waals surface area contributed by atoms with Gasteiger partial charge < -0.3 is 19.4 Å². The summed E-state index contributed by atoms with van der Waals surface area (Å²) < 4.78 is 10.8. The lowest BCUT2D eigenvalue weighted by molar-refractivity contribution is 0.102. The van der Waals surface area contributed by atoms with Gasteiger partial charge in [0.2, 0.25) is 0 Å². The summed E-state index contributed by atoms with van der Waals surface area (Å²) in [5.41, 5.74) is 3.68. The highest BCUT2D eigenvalue weighted by atomic mass is 16.5. The molecule has 1 aromatic heterocycles. The average Bonchev–Trinajstić information content (AvgIpc) is 2.85. The summed E-state index contributed by atoms with van der Waals surface area (Å²) in [5.74, 6) is -0.207. The second kappa shape index (κ2) is 8.69. The first-order valence-corrected chi connectivity index (χ1v) is 10.5. The van der Waals surface area contributed by atoms with E-state index in [0.29, 0.717) is 22.3 Å². The summed E-state index contributed by atoms with van der Waals surface area (Å²) >= 11 is 0. The van der Waals surface area contributed by atoms with Crippen molar-refractivity contribution in [2.24, 2.45) is 0 Å². The van der Waals surface area contributed by atoms with Gasteiger partial charge in [-0.05, 0) is 54.1 Å². The summed E-state index contributed by atoms with van der Waals surface area (Å²) in [6.07, 6.45) is 0. The van der Waals surface area contributed by atoms with E-state index >= 15 is 0 Å². The molecule has 32 heavy (non-hydrogen) atoms. The van der Waals surface area contributed by atoms with E-state index in [1.807, 2.05) is 48.5 Å². The summed E-state index contributed by atoms with van der Waals surface area (Å²) in [4.78, 5) is 27.3. The number of anilines is 2. The number of carbonyl (C=O) groups excluding carboxylic acids is 1. The van der Waals surface area contributed by atoms with Crippen LogP contribution in [0, 0.1) is 0 Å². The molecule has 5 rings (SSSR count). The average molecular weight is 426 g/mol. The van der Waals surface area contributed by atoms with Gasteiger partial charge in [0.15, 0.2) is 0 Å².